The number of rotatable bonds is 4. The van der Waals surface area contributed by atoms with Crippen molar-refractivity contribution in [3.8, 4) is 0 Å². The van der Waals surface area contributed by atoms with E-state index in [1.54, 1.807) is 6.92 Å². The van der Waals surface area contributed by atoms with Crippen LogP contribution in [0.25, 0.3) is 0 Å². The standard InChI is InChI=1S/C17H19FN2O/c1-11-4-7-16(10-12(11)2)19-13(3)17(21)20-15-8-5-14(18)6-9-15/h4-10,13,19H,1-3H3,(H,20,21). The first-order valence-electron chi connectivity index (χ1n) is 6.86. The lowest BCUT2D eigenvalue weighted by molar-refractivity contribution is -0.116. The molecule has 0 bridgehead atoms. The lowest BCUT2D eigenvalue weighted by Crippen LogP contribution is -2.31. The normalized spacial score (nSPS) is 11.8. The third-order valence-corrected chi connectivity index (χ3v) is 3.40. The molecule has 1 amide bonds. The predicted octanol–water partition coefficient (Wildman–Crippen LogP) is 3.88. The van der Waals surface area contributed by atoms with Gasteiger partial charge in [0.2, 0.25) is 5.91 Å². The Bertz CT molecular complexity index is 638. The maximum absolute atomic E-state index is 12.8. The van der Waals surface area contributed by atoms with E-state index in [1.165, 1.54) is 35.4 Å². The van der Waals surface area contributed by atoms with Gasteiger partial charge in [-0.1, -0.05) is 6.07 Å². The molecule has 2 rings (SSSR count). The Labute approximate surface area is 124 Å². The highest BCUT2D eigenvalue weighted by molar-refractivity contribution is 5.96. The summed E-state index contributed by atoms with van der Waals surface area (Å²) < 4.78 is 12.8. The SMILES string of the molecule is Cc1ccc(NC(C)C(=O)Nc2ccc(F)cc2)cc1C. The number of hydrogen-bond donors (Lipinski definition) is 2. The molecule has 0 spiro atoms. The van der Waals surface area contributed by atoms with Gasteiger partial charge in [-0.05, 0) is 68.3 Å². The molecule has 3 nitrogen and oxygen atoms in total. The number of anilines is 2. The fourth-order valence-corrected chi connectivity index (χ4v) is 1.93. The van der Waals surface area contributed by atoms with Crippen molar-refractivity contribution in [2.45, 2.75) is 26.8 Å². The van der Waals surface area contributed by atoms with Crippen LogP contribution in [0.3, 0.4) is 0 Å². The number of carbonyl (C=O) groups excluding carboxylic acids is 1. The molecule has 1 unspecified atom stereocenters. The van der Waals surface area contributed by atoms with Crippen LogP contribution in [0.5, 0.6) is 0 Å². The Morgan fingerprint density at radius 2 is 1.62 bits per heavy atom. The fourth-order valence-electron chi connectivity index (χ4n) is 1.93. The number of nitrogens with one attached hydrogen (secondary N) is 2. The predicted molar refractivity (Wildman–Crippen MR) is 84.0 cm³/mol. The Hall–Kier alpha value is -2.36. The van der Waals surface area contributed by atoms with E-state index in [1.807, 2.05) is 32.0 Å². The smallest absolute Gasteiger partial charge is 0.246 e. The van der Waals surface area contributed by atoms with E-state index in [0.717, 1.165) is 5.69 Å². The zero-order chi connectivity index (χ0) is 15.4. The molecule has 0 aromatic heterocycles. The minimum atomic E-state index is -0.392. The average Bonchev–Trinajstić information content (AvgIpc) is 2.45. The van der Waals surface area contributed by atoms with Crippen molar-refractivity contribution in [1.29, 1.82) is 0 Å². The lowest BCUT2D eigenvalue weighted by Gasteiger charge is -2.16. The zero-order valence-electron chi connectivity index (χ0n) is 12.4. The molecule has 0 heterocycles. The van der Waals surface area contributed by atoms with Crippen LogP contribution >= 0.6 is 0 Å². The number of amides is 1. The second-order valence-electron chi connectivity index (χ2n) is 5.16. The third-order valence-electron chi connectivity index (χ3n) is 3.40. The molecule has 4 heteroatoms. The summed E-state index contributed by atoms with van der Waals surface area (Å²) in [5.74, 6) is -0.492. The van der Waals surface area contributed by atoms with Crippen LogP contribution in [-0.2, 0) is 4.79 Å². The van der Waals surface area contributed by atoms with Crippen molar-refractivity contribution in [3.63, 3.8) is 0 Å². The van der Waals surface area contributed by atoms with E-state index >= 15 is 0 Å². The molecule has 0 fully saturated rings. The Balaban J connectivity index is 1.98. The van der Waals surface area contributed by atoms with Crippen LogP contribution in [0.2, 0.25) is 0 Å². The molecule has 2 aromatic carbocycles. The molecule has 0 aliphatic heterocycles. The summed E-state index contributed by atoms with van der Waals surface area (Å²) in [7, 11) is 0. The maximum Gasteiger partial charge on any atom is 0.246 e. The minimum Gasteiger partial charge on any atom is -0.374 e. The Kier molecular flexibility index (Phi) is 4.58. The van der Waals surface area contributed by atoms with Crippen LogP contribution in [-0.4, -0.2) is 11.9 Å². The minimum absolute atomic E-state index is 0.167. The van der Waals surface area contributed by atoms with Crippen LogP contribution in [0.15, 0.2) is 42.5 Å². The Morgan fingerprint density at radius 1 is 1.00 bits per heavy atom. The molecule has 0 aliphatic rings. The first kappa shape index (κ1) is 15.0. The maximum atomic E-state index is 12.8. The Morgan fingerprint density at radius 3 is 2.24 bits per heavy atom. The van der Waals surface area contributed by atoms with E-state index in [-0.39, 0.29) is 11.7 Å². The van der Waals surface area contributed by atoms with Gasteiger partial charge in [0.1, 0.15) is 11.9 Å². The van der Waals surface area contributed by atoms with Gasteiger partial charge >= 0.3 is 0 Å². The quantitative estimate of drug-likeness (QED) is 0.895. The summed E-state index contributed by atoms with van der Waals surface area (Å²) >= 11 is 0. The van der Waals surface area contributed by atoms with E-state index < -0.39 is 6.04 Å². The molecule has 0 saturated carbocycles. The number of aryl methyl sites for hydroxylation is 2. The highest BCUT2D eigenvalue weighted by Crippen LogP contribution is 2.16. The van der Waals surface area contributed by atoms with Crippen molar-refractivity contribution >= 4 is 17.3 Å². The number of carbonyl (C=O) groups is 1. The second kappa shape index (κ2) is 6.39. The summed E-state index contributed by atoms with van der Waals surface area (Å²) in [6.07, 6.45) is 0. The monoisotopic (exact) mass is 286 g/mol. The van der Waals surface area contributed by atoms with Gasteiger partial charge in [0.25, 0.3) is 0 Å². The topological polar surface area (TPSA) is 41.1 Å². The van der Waals surface area contributed by atoms with Crippen molar-refractivity contribution in [2.75, 3.05) is 10.6 Å². The van der Waals surface area contributed by atoms with Gasteiger partial charge in [-0.15, -0.1) is 0 Å². The molecule has 2 N–H and O–H groups in total. The molecule has 21 heavy (non-hydrogen) atoms. The lowest BCUT2D eigenvalue weighted by atomic mass is 10.1. The van der Waals surface area contributed by atoms with Crippen molar-refractivity contribution < 1.29 is 9.18 Å². The number of halogens is 1. The zero-order valence-corrected chi connectivity index (χ0v) is 12.4. The molecule has 110 valence electrons. The van der Waals surface area contributed by atoms with Crippen LogP contribution in [0, 0.1) is 19.7 Å². The van der Waals surface area contributed by atoms with Crippen LogP contribution < -0.4 is 10.6 Å². The van der Waals surface area contributed by atoms with Gasteiger partial charge in [0.05, 0.1) is 0 Å². The molecule has 2 aromatic rings. The van der Waals surface area contributed by atoms with Gasteiger partial charge < -0.3 is 10.6 Å². The third kappa shape index (κ3) is 4.05. The van der Waals surface area contributed by atoms with E-state index in [0.29, 0.717) is 5.69 Å². The molecular formula is C17H19FN2O. The summed E-state index contributed by atoms with van der Waals surface area (Å²) in [6, 6.07) is 11.3. The van der Waals surface area contributed by atoms with E-state index in [2.05, 4.69) is 10.6 Å². The molecule has 0 aliphatic carbocycles. The van der Waals surface area contributed by atoms with Crippen LogP contribution in [0.1, 0.15) is 18.1 Å². The summed E-state index contributed by atoms with van der Waals surface area (Å²) in [5, 5.41) is 5.90. The fraction of sp³-hybridized carbons (Fsp3) is 0.235. The van der Waals surface area contributed by atoms with Gasteiger partial charge in [-0.2, -0.15) is 0 Å². The van der Waals surface area contributed by atoms with Gasteiger partial charge in [-0.25, -0.2) is 4.39 Å². The molecule has 0 radical (unpaired) electrons. The second-order valence-corrected chi connectivity index (χ2v) is 5.16. The van der Waals surface area contributed by atoms with E-state index in [4.69, 9.17) is 0 Å². The van der Waals surface area contributed by atoms with Gasteiger partial charge in [0, 0.05) is 11.4 Å². The first-order valence-corrected chi connectivity index (χ1v) is 6.86. The first-order chi connectivity index (χ1) is 9.95. The van der Waals surface area contributed by atoms with Crippen molar-refractivity contribution in [3.05, 3.63) is 59.4 Å². The van der Waals surface area contributed by atoms with Crippen molar-refractivity contribution in [1.82, 2.24) is 0 Å². The molecule has 0 saturated heterocycles. The molecule has 1 atom stereocenters. The average molecular weight is 286 g/mol. The summed E-state index contributed by atoms with van der Waals surface area (Å²) in [4.78, 5) is 12.1. The largest absolute Gasteiger partial charge is 0.374 e. The highest BCUT2D eigenvalue weighted by atomic mass is 19.1. The van der Waals surface area contributed by atoms with Crippen LogP contribution in [0.4, 0.5) is 15.8 Å². The summed E-state index contributed by atoms with van der Waals surface area (Å²) in [5.41, 5.74) is 3.87. The van der Waals surface area contributed by atoms with Crippen molar-refractivity contribution in [2.24, 2.45) is 0 Å². The van der Waals surface area contributed by atoms with E-state index in [9.17, 15) is 9.18 Å². The van der Waals surface area contributed by atoms with Gasteiger partial charge in [-0.3, -0.25) is 4.79 Å². The molecular weight excluding hydrogens is 267 g/mol. The highest BCUT2D eigenvalue weighted by Gasteiger charge is 2.13. The number of benzene rings is 2. The summed E-state index contributed by atoms with van der Waals surface area (Å²) in [6.45, 7) is 5.86. The number of hydrogen-bond acceptors (Lipinski definition) is 2. The van der Waals surface area contributed by atoms with Gasteiger partial charge in [0.15, 0.2) is 0 Å².